The van der Waals surface area contributed by atoms with Crippen molar-refractivity contribution in [1.29, 1.82) is 0 Å². The van der Waals surface area contributed by atoms with Crippen molar-refractivity contribution < 1.29 is 4.74 Å². The summed E-state index contributed by atoms with van der Waals surface area (Å²) in [5.41, 5.74) is 4.05. The Balaban J connectivity index is 1.99. The molecule has 1 aromatic heterocycles. The molecule has 0 atom stereocenters. The number of aryl methyl sites for hydroxylation is 1. The number of benzene rings is 1. The van der Waals surface area contributed by atoms with Crippen LogP contribution in [0.3, 0.4) is 0 Å². The Kier molecular flexibility index (Phi) is 3.98. The summed E-state index contributed by atoms with van der Waals surface area (Å²) in [6.45, 7) is 5.52. The Morgan fingerprint density at radius 2 is 2.29 bits per heavy atom. The van der Waals surface area contributed by atoms with Gasteiger partial charge in [-0.1, -0.05) is 6.07 Å². The Hall–Kier alpha value is -1.55. The quantitative estimate of drug-likeness (QED) is 0.879. The lowest BCUT2D eigenvalue weighted by Crippen LogP contribution is -1.99. The van der Waals surface area contributed by atoms with Gasteiger partial charge in [0.05, 0.1) is 24.4 Å². The summed E-state index contributed by atoms with van der Waals surface area (Å²) in [6.07, 6.45) is 0. The summed E-state index contributed by atoms with van der Waals surface area (Å²) < 4.78 is 5.46. The Morgan fingerprint density at radius 1 is 1.41 bits per heavy atom. The van der Waals surface area contributed by atoms with Crippen LogP contribution in [-0.2, 0) is 6.54 Å². The third kappa shape index (κ3) is 3.20. The number of aromatic nitrogens is 1. The molecule has 0 bridgehead atoms. The van der Waals surface area contributed by atoms with Crippen molar-refractivity contribution in [3.63, 3.8) is 0 Å². The molecule has 0 radical (unpaired) electrons. The van der Waals surface area contributed by atoms with E-state index in [-0.39, 0.29) is 0 Å². The summed E-state index contributed by atoms with van der Waals surface area (Å²) in [5, 5.41) is 3.38. The minimum Gasteiger partial charge on any atom is -0.494 e. The van der Waals surface area contributed by atoms with Crippen LogP contribution in [0.2, 0.25) is 0 Å². The molecule has 4 heteroatoms. The average molecular weight is 248 g/mol. The minimum atomic E-state index is 0.692. The normalized spacial score (nSPS) is 10.2. The first-order valence-electron chi connectivity index (χ1n) is 5.65. The lowest BCUT2D eigenvalue weighted by molar-refractivity contribution is 0.340. The van der Waals surface area contributed by atoms with Gasteiger partial charge in [0.25, 0.3) is 0 Å². The first-order valence-corrected chi connectivity index (χ1v) is 6.53. The van der Waals surface area contributed by atoms with Crippen molar-refractivity contribution in [3.8, 4) is 5.75 Å². The van der Waals surface area contributed by atoms with Gasteiger partial charge in [0.2, 0.25) is 0 Å². The molecular formula is C13H16N2OS. The number of rotatable bonds is 5. The highest BCUT2D eigenvalue weighted by Crippen LogP contribution is 2.19. The molecule has 0 aliphatic heterocycles. The third-order valence-electron chi connectivity index (χ3n) is 2.44. The van der Waals surface area contributed by atoms with E-state index in [0.29, 0.717) is 6.61 Å². The van der Waals surface area contributed by atoms with E-state index in [4.69, 9.17) is 4.74 Å². The maximum atomic E-state index is 5.46. The maximum absolute atomic E-state index is 5.46. The van der Waals surface area contributed by atoms with Crippen LogP contribution in [0.4, 0.5) is 5.69 Å². The average Bonchev–Trinajstić information content (AvgIpc) is 2.73. The fourth-order valence-corrected chi connectivity index (χ4v) is 2.26. The zero-order valence-corrected chi connectivity index (χ0v) is 10.9. The van der Waals surface area contributed by atoms with Gasteiger partial charge in [-0.2, -0.15) is 0 Å². The summed E-state index contributed by atoms with van der Waals surface area (Å²) in [4.78, 5) is 5.50. The maximum Gasteiger partial charge on any atom is 0.121 e. The molecule has 0 aliphatic rings. The Bertz CT molecular complexity index is 482. The predicted molar refractivity (Wildman–Crippen MR) is 71.8 cm³/mol. The van der Waals surface area contributed by atoms with Gasteiger partial charge in [-0.3, -0.25) is 0 Å². The number of hydrogen-bond acceptors (Lipinski definition) is 4. The van der Waals surface area contributed by atoms with E-state index in [1.54, 1.807) is 11.3 Å². The molecule has 1 aromatic carbocycles. The molecule has 2 rings (SSSR count). The van der Waals surface area contributed by atoms with E-state index >= 15 is 0 Å². The molecule has 0 saturated heterocycles. The lowest BCUT2D eigenvalue weighted by atomic mass is 10.3. The summed E-state index contributed by atoms with van der Waals surface area (Å²) >= 11 is 1.68. The molecule has 0 fully saturated rings. The number of nitrogens with zero attached hydrogens (tertiary/aromatic N) is 1. The molecule has 0 unspecified atom stereocenters. The molecule has 0 amide bonds. The number of anilines is 1. The minimum absolute atomic E-state index is 0.692. The number of nitrogens with one attached hydrogen (secondary N) is 1. The molecular weight excluding hydrogens is 232 g/mol. The standard InChI is InChI=1S/C13H16N2OS/c1-3-16-12-6-4-5-11(7-12)14-8-13-10(2)15-9-17-13/h4-7,9,14H,3,8H2,1-2H3. The highest BCUT2D eigenvalue weighted by atomic mass is 32.1. The highest BCUT2D eigenvalue weighted by molar-refractivity contribution is 7.09. The monoisotopic (exact) mass is 248 g/mol. The van der Waals surface area contributed by atoms with Gasteiger partial charge >= 0.3 is 0 Å². The summed E-state index contributed by atoms with van der Waals surface area (Å²) in [5.74, 6) is 0.901. The molecule has 3 nitrogen and oxygen atoms in total. The van der Waals surface area contributed by atoms with Crippen LogP contribution in [0.15, 0.2) is 29.8 Å². The number of ether oxygens (including phenoxy) is 1. The fraction of sp³-hybridized carbons (Fsp3) is 0.308. The second-order valence-corrected chi connectivity index (χ2v) is 4.61. The third-order valence-corrected chi connectivity index (χ3v) is 3.38. The van der Waals surface area contributed by atoms with Crippen molar-refractivity contribution in [1.82, 2.24) is 4.98 Å². The van der Waals surface area contributed by atoms with E-state index in [9.17, 15) is 0 Å². The number of thiazole rings is 1. The van der Waals surface area contributed by atoms with Crippen LogP contribution in [0.25, 0.3) is 0 Å². The van der Waals surface area contributed by atoms with Crippen LogP contribution in [-0.4, -0.2) is 11.6 Å². The van der Waals surface area contributed by atoms with Gasteiger partial charge in [0, 0.05) is 16.6 Å². The smallest absolute Gasteiger partial charge is 0.121 e. The lowest BCUT2D eigenvalue weighted by Gasteiger charge is -2.08. The van der Waals surface area contributed by atoms with E-state index in [0.717, 1.165) is 23.7 Å². The van der Waals surface area contributed by atoms with Crippen LogP contribution < -0.4 is 10.1 Å². The van der Waals surface area contributed by atoms with E-state index in [2.05, 4.69) is 10.3 Å². The Labute approximate surface area is 105 Å². The summed E-state index contributed by atoms with van der Waals surface area (Å²) in [6, 6.07) is 8.01. The zero-order valence-electron chi connectivity index (χ0n) is 10.1. The van der Waals surface area contributed by atoms with E-state index in [1.807, 2.05) is 43.6 Å². The second kappa shape index (κ2) is 5.68. The van der Waals surface area contributed by atoms with Crippen LogP contribution in [0.1, 0.15) is 17.5 Å². The van der Waals surface area contributed by atoms with Crippen molar-refractivity contribution in [2.45, 2.75) is 20.4 Å². The molecule has 1 heterocycles. The molecule has 2 aromatic rings. The molecule has 0 aliphatic carbocycles. The molecule has 0 spiro atoms. The molecule has 0 saturated carbocycles. The molecule has 17 heavy (non-hydrogen) atoms. The van der Waals surface area contributed by atoms with Crippen molar-refractivity contribution in [2.75, 3.05) is 11.9 Å². The Morgan fingerprint density at radius 3 is 3.00 bits per heavy atom. The van der Waals surface area contributed by atoms with Crippen LogP contribution >= 0.6 is 11.3 Å². The van der Waals surface area contributed by atoms with Crippen LogP contribution in [0, 0.1) is 6.92 Å². The topological polar surface area (TPSA) is 34.1 Å². The highest BCUT2D eigenvalue weighted by Gasteiger charge is 2.01. The number of hydrogen-bond donors (Lipinski definition) is 1. The van der Waals surface area contributed by atoms with Crippen molar-refractivity contribution in [3.05, 3.63) is 40.3 Å². The van der Waals surface area contributed by atoms with Gasteiger partial charge in [-0.05, 0) is 26.0 Å². The predicted octanol–water partition coefficient (Wildman–Crippen LogP) is 3.46. The summed E-state index contributed by atoms with van der Waals surface area (Å²) in [7, 11) is 0. The largest absolute Gasteiger partial charge is 0.494 e. The fourth-order valence-electron chi connectivity index (χ4n) is 1.54. The van der Waals surface area contributed by atoms with Gasteiger partial charge in [-0.15, -0.1) is 11.3 Å². The second-order valence-electron chi connectivity index (χ2n) is 3.68. The zero-order chi connectivity index (χ0) is 12.1. The first kappa shape index (κ1) is 11.9. The van der Waals surface area contributed by atoms with Gasteiger partial charge in [-0.25, -0.2) is 4.98 Å². The van der Waals surface area contributed by atoms with Crippen LogP contribution in [0.5, 0.6) is 5.75 Å². The SMILES string of the molecule is CCOc1cccc(NCc2scnc2C)c1. The van der Waals surface area contributed by atoms with Crippen molar-refractivity contribution in [2.24, 2.45) is 0 Å². The van der Waals surface area contributed by atoms with E-state index in [1.165, 1.54) is 4.88 Å². The van der Waals surface area contributed by atoms with E-state index < -0.39 is 0 Å². The van der Waals surface area contributed by atoms with Gasteiger partial charge in [0.15, 0.2) is 0 Å². The molecule has 90 valence electrons. The van der Waals surface area contributed by atoms with Gasteiger partial charge < -0.3 is 10.1 Å². The molecule has 1 N–H and O–H groups in total. The first-order chi connectivity index (χ1) is 8.29. The van der Waals surface area contributed by atoms with Gasteiger partial charge in [0.1, 0.15) is 5.75 Å². The van der Waals surface area contributed by atoms with Crippen molar-refractivity contribution >= 4 is 17.0 Å².